The summed E-state index contributed by atoms with van der Waals surface area (Å²) in [6.07, 6.45) is 0. The first kappa shape index (κ1) is 20.2. The Balaban J connectivity index is 1.87. The number of carbonyl (C=O) groups excluding carboxylic acids is 1. The molecule has 142 valence electrons. The van der Waals surface area contributed by atoms with Gasteiger partial charge in [-0.3, -0.25) is 4.79 Å². The molecular formula is C18H15Cl3N2O3S. The number of para-hydroxylation sites is 1. The van der Waals surface area contributed by atoms with E-state index >= 15 is 0 Å². The Hall–Kier alpha value is -1.57. The number of thiazole rings is 1. The van der Waals surface area contributed by atoms with E-state index in [1.165, 1.54) is 11.3 Å². The number of fused-ring (bicyclic) bond motifs is 1. The van der Waals surface area contributed by atoms with Crippen LogP contribution >= 0.6 is 46.1 Å². The Morgan fingerprint density at radius 1 is 1.19 bits per heavy atom. The largest absolute Gasteiger partial charge is 0.482 e. The van der Waals surface area contributed by atoms with Gasteiger partial charge in [-0.1, -0.05) is 52.2 Å². The van der Waals surface area contributed by atoms with Crippen LogP contribution in [0, 0.1) is 0 Å². The number of carbonyl (C=O) groups is 1. The molecule has 3 aromatic rings. The van der Waals surface area contributed by atoms with Gasteiger partial charge in [-0.05, 0) is 30.3 Å². The summed E-state index contributed by atoms with van der Waals surface area (Å²) in [4.78, 5) is 17.0. The Bertz CT molecular complexity index is 1050. The van der Waals surface area contributed by atoms with E-state index in [2.05, 4.69) is 4.99 Å². The lowest BCUT2D eigenvalue weighted by Crippen LogP contribution is -2.21. The second-order valence-electron chi connectivity index (χ2n) is 5.48. The molecule has 0 aliphatic heterocycles. The topological polar surface area (TPSA) is 52.8 Å². The van der Waals surface area contributed by atoms with Crippen LogP contribution in [0.15, 0.2) is 41.4 Å². The zero-order valence-electron chi connectivity index (χ0n) is 14.2. The second-order valence-corrected chi connectivity index (χ2v) is 7.74. The van der Waals surface area contributed by atoms with Crippen LogP contribution in [-0.4, -0.2) is 30.8 Å². The lowest BCUT2D eigenvalue weighted by molar-refractivity contribution is -0.120. The van der Waals surface area contributed by atoms with E-state index in [-0.39, 0.29) is 6.61 Å². The molecule has 0 radical (unpaired) electrons. The molecule has 0 aliphatic carbocycles. The molecule has 0 atom stereocenters. The summed E-state index contributed by atoms with van der Waals surface area (Å²) in [5.74, 6) is -0.0638. The number of methoxy groups -OCH3 is 1. The van der Waals surface area contributed by atoms with Gasteiger partial charge >= 0.3 is 0 Å². The van der Waals surface area contributed by atoms with Gasteiger partial charge in [0.05, 0.1) is 26.9 Å². The molecule has 0 unspecified atom stereocenters. The molecule has 3 rings (SSSR count). The SMILES string of the molecule is COCCn1c(=NC(=O)COc2ccc(Cl)cc2Cl)sc2cccc(Cl)c21. The quantitative estimate of drug-likeness (QED) is 0.547. The van der Waals surface area contributed by atoms with E-state index in [1.807, 2.05) is 16.7 Å². The fraction of sp³-hybridized carbons (Fsp3) is 0.222. The van der Waals surface area contributed by atoms with Gasteiger partial charge in [-0.2, -0.15) is 4.99 Å². The van der Waals surface area contributed by atoms with Gasteiger partial charge in [-0.15, -0.1) is 0 Å². The van der Waals surface area contributed by atoms with Crippen LogP contribution in [0.5, 0.6) is 5.75 Å². The molecule has 0 fully saturated rings. The molecule has 2 aromatic carbocycles. The van der Waals surface area contributed by atoms with Crippen LogP contribution in [0.3, 0.4) is 0 Å². The van der Waals surface area contributed by atoms with Crippen LogP contribution in [0.25, 0.3) is 10.2 Å². The smallest absolute Gasteiger partial charge is 0.286 e. The highest BCUT2D eigenvalue weighted by Gasteiger charge is 2.11. The lowest BCUT2D eigenvalue weighted by atomic mass is 10.3. The van der Waals surface area contributed by atoms with Crippen LogP contribution in [0.4, 0.5) is 0 Å². The first-order valence-electron chi connectivity index (χ1n) is 7.92. The van der Waals surface area contributed by atoms with E-state index in [9.17, 15) is 4.79 Å². The van der Waals surface area contributed by atoms with Crippen molar-refractivity contribution in [3.05, 3.63) is 56.3 Å². The van der Waals surface area contributed by atoms with Gasteiger partial charge < -0.3 is 14.0 Å². The highest BCUT2D eigenvalue weighted by atomic mass is 35.5. The van der Waals surface area contributed by atoms with Crippen molar-refractivity contribution < 1.29 is 14.3 Å². The predicted molar refractivity (Wildman–Crippen MR) is 109 cm³/mol. The summed E-state index contributed by atoms with van der Waals surface area (Å²) in [6, 6.07) is 10.4. The van der Waals surface area contributed by atoms with Gasteiger partial charge in [0.1, 0.15) is 5.75 Å². The molecule has 1 heterocycles. The average molecular weight is 446 g/mol. The number of hydrogen-bond acceptors (Lipinski definition) is 4. The maximum Gasteiger partial charge on any atom is 0.286 e. The number of nitrogens with zero attached hydrogens (tertiary/aromatic N) is 2. The van der Waals surface area contributed by atoms with Crippen LogP contribution in [0.1, 0.15) is 0 Å². The fourth-order valence-corrected chi connectivity index (χ4v) is 4.33. The summed E-state index contributed by atoms with van der Waals surface area (Å²) >= 11 is 19.6. The minimum atomic E-state index is -0.435. The van der Waals surface area contributed by atoms with Crippen LogP contribution in [-0.2, 0) is 16.1 Å². The molecule has 0 saturated heterocycles. The van der Waals surface area contributed by atoms with Gasteiger partial charge in [0, 0.05) is 18.7 Å². The van der Waals surface area contributed by atoms with E-state index in [4.69, 9.17) is 44.3 Å². The zero-order valence-corrected chi connectivity index (χ0v) is 17.3. The summed E-state index contributed by atoms with van der Waals surface area (Å²) in [5.41, 5.74) is 0.828. The van der Waals surface area contributed by atoms with Crippen molar-refractivity contribution >= 4 is 62.3 Å². The molecular weight excluding hydrogens is 431 g/mol. The highest BCUT2D eigenvalue weighted by molar-refractivity contribution is 7.16. The molecule has 0 bridgehead atoms. The standard InChI is InChI=1S/C18H15Cl3N2O3S/c1-25-8-7-23-17-12(20)3-2-4-15(17)27-18(23)22-16(24)10-26-14-6-5-11(19)9-13(14)21/h2-6,9H,7-8,10H2,1H3. The third-order valence-corrected chi connectivity index (χ3v) is 5.52. The van der Waals surface area contributed by atoms with Crippen LogP contribution < -0.4 is 9.54 Å². The normalized spacial score (nSPS) is 11.9. The van der Waals surface area contributed by atoms with Gasteiger partial charge in [-0.25, -0.2) is 0 Å². The molecule has 0 N–H and O–H groups in total. The third-order valence-electron chi connectivity index (χ3n) is 3.64. The summed E-state index contributed by atoms with van der Waals surface area (Å²) in [7, 11) is 1.61. The molecule has 0 spiro atoms. The number of hydrogen-bond donors (Lipinski definition) is 0. The molecule has 9 heteroatoms. The predicted octanol–water partition coefficient (Wildman–Crippen LogP) is 4.82. The molecule has 1 aromatic heterocycles. The Morgan fingerprint density at radius 2 is 2.00 bits per heavy atom. The number of halogens is 3. The molecule has 0 saturated carbocycles. The number of aromatic nitrogens is 1. The Labute approximate surface area is 174 Å². The van der Waals surface area contributed by atoms with Gasteiger partial charge in [0.25, 0.3) is 5.91 Å². The number of rotatable bonds is 6. The number of ether oxygens (including phenoxy) is 2. The summed E-state index contributed by atoms with van der Waals surface area (Å²) < 4.78 is 13.4. The molecule has 0 aliphatic rings. The lowest BCUT2D eigenvalue weighted by Gasteiger charge is -2.06. The van der Waals surface area contributed by atoms with Crippen molar-refractivity contribution in [3.63, 3.8) is 0 Å². The van der Waals surface area contributed by atoms with Crippen molar-refractivity contribution in [2.24, 2.45) is 4.99 Å². The molecule has 1 amide bonds. The van der Waals surface area contributed by atoms with E-state index < -0.39 is 5.91 Å². The minimum absolute atomic E-state index is 0.242. The van der Waals surface area contributed by atoms with Crippen molar-refractivity contribution in [2.45, 2.75) is 6.54 Å². The van der Waals surface area contributed by atoms with Crippen molar-refractivity contribution in [3.8, 4) is 5.75 Å². The monoisotopic (exact) mass is 444 g/mol. The third kappa shape index (κ3) is 4.83. The average Bonchev–Trinajstić information content (AvgIpc) is 2.97. The van der Waals surface area contributed by atoms with Gasteiger partial charge in [0.2, 0.25) is 0 Å². The van der Waals surface area contributed by atoms with Crippen molar-refractivity contribution in [1.29, 1.82) is 0 Å². The Morgan fingerprint density at radius 3 is 2.74 bits per heavy atom. The summed E-state index contributed by atoms with van der Waals surface area (Å²) in [5, 5.41) is 1.42. The zero-order chi connectivity index (χ0) is 19.4. The maximum absolute atomic E-state index is 12.3. The van der Waals surface area contributed by atoms with Crippen LogP contribution in [0.2, 0.25) is 15.1 Å². The first-order valence-corrected chi connectivity index (χ1v) is 9.87. The van der Waals surface area contributed by atoms with Crippen molar-refractivity contribution in [1.82, 2.24) is 4.57 Å². The number of benzene rings is 2. The second kappa shape index (κ2) is 9.08. The fourth-order valence-electron chi connectivity index (χ4n) is 2.43. The highest BCUT2D eigenvalue weighted by Crippen LogP contribution is 2.27. The maximum atomic E-state index is 12.3. The van der Waals surface area contributed by atoms with Gasteiger partial charge in [0.15, 0.2) is 11.4 Å². The number of amides is 1. The molecule has 5 nitrogen and oxygen atoms in total. The van der Waals surface area contributed by atoms with E-state index in [1.54, 1.807) is 31.4 Å². The van der Waals surface area contributed by atoms with E-state index in [0.29, 0.717) is 38.8 Å². The summed E-state index contributed by atoms with van der Waals surface area (Å²) in [6.45, 7) is 0.749. The van der Waals surface area contributed by atoms with Crippen molar-refractivity contribution in [2.75, 3.05) is 20.3 Å². The molecule has 27 heavy (non-hydrogen) atoms. The Kier molecular flexibility index (Phi) is 6.78. The first-order chi connectivity index (χ1) is 13.0. The minimum Gasteiger partial charge on any atom is -0.482 e. The van der Waals surface area contributed by atoms with E-state index in [0.717, 1.165) is 10.2 Å².